The number of carboxylic acid groups (broad SMARTS) is 1. The Hall–Kier alpha value is -3.04. The second-order valence-corrected chi connectivity index (χ2v) is 7.71. The molecule has 0 saturated carbocycles. The highest BCUT2D eigenvalue weighted by Crippen LogP contribution is 2.15. The van der Waals surface area contributed by atoms with Crippen LogP contribution in [-0.4, -0.2) is 78.1 Å². The Kier molecular flexibility index (Phi) is 7.24. The van der Waals surface area contributed by atoms with Crippen molar-refractivity contribution >= 4 is 24.0 Å². The number of methoxy groups -OCH3 is 1. The first-order valence-electron chi connectivity index (χ1n) is 9.34. The number of amides is 2. The molecule has 1 aromatic rings. The van der Waals surface area contributed by atoms with Crippen LogP contribution < -0.4 is 10.2 Å². The quantitative estimate of drug-likeness (QED) is 0.703. The van der Waals surface area contributed by atoms with E-state index >= 15 is 0 Å². The molecule has 0 aromatic carbocycles. The van der Waals surface area contributed by atoms with Crippen LogP contribution in [0.25, 0.3) is 0 Å². The van der Waals surface area contributed by atoms with Gasteiger partial charge in [0.05, 0.1) is 7.11 Å². The van der Waals surface area contributed by atoms with Gasteiger partial charge in [-0.1, -0.05) is 6.07 Å². The largest absolute Gasteiger partial charge is 0.467 e. The first-order chi connectivity index (χ1) is 13.6. The van der Waals surface area contributed by atoms with Gasteiger partial charge in [0.2, 0.25) is 0 Å². The highest BCUT2D eigenvalue weighted by molar-refractivity contribution is 5.81. The van der Waals surface area contributed by atoms with Gasteiger partial charge in [-0.2, -0.15) is 0 Å². The number of nitrogens with one attached hydrogen (secondary N) is 1. The van der Waals surface area contributed by atoms with Crippen molar-refractivity contribution in [1.82, 2.24) is 15.2 Å². The zero-order chi connectivity index (χ0) is 21.6. The van der Waals surface area contributed by atoms with E-state index < -0.39 is 29.8 Å². The number of pyridine rings is 1. The summed E-state index contributed by atoms with van der Waals surface area (Å²) in [7, 11) is 1.25. The Morgan fingerprint density at radius 1 is 1.21 bits per heavy atom. The standard InChI is InChI=1S/C19H28N4O6/c1-19(2,3)29-17(25)21-14(16(24)28-4)11-13-5-6-15(20-12-13)22-7-9-23(10-8-22)18(26)27/h5-6,12,14H,7-11H2,1-4H3,(H,21,25)(H,26,27). The van der Waals surface area contributed by atoms with Crippen molar-refractivity contribution in [2.45, 2.75) is 38.8 Å². The third kappa shape index (κ3) is 6.81. The van der Waals surface area contributed by atoms with E-state index in [2.05, 4.69) is 10.3 Å². The zero-order valence-corrected chi connectivity index (χ0v) is 17.2. The fourth-order valence-electron chi connectivity index (χ4n) is 2.87. The summed E-state index contributed by atoms with van der Waals surface area (Å²) in [6.07, 6.45) is 0.213. The second-order valence-electron chi connectivity index (χ2n) is 7.71. The molecule has 0 spiro atoms. The molecule has 1 fully saturated rings. The van der Waals surface area contributed by atoms with Crippen LogP contribution in [0.3, 0.4) is 0 Å². The van der Waals surface area contributed by atoms with Crippen molar-refractivity contribution in [2.75, 3.05) is 38.2 Å². The van der Waals surface area contributed by atoms with E-state index in [9.17, 15) is 14.4 Å². The average molecular weight is 408 g/mol. The molecule has 0 bridgehead atoms. The van der Waals surface area contributed by atoms with Gasteiger partial charge in [0.25, 0.3) is 0 Å². The Morgan fingerprint density at radius 2 is 1.86 bits per heavy atom. The maximum absolute atomic E-state index is 12.0. The van der Waals surface area contributed by atoms with Gasteiger partial charge in [0.1, 0.15) is 17.5 Å². The lowest BCUT2D eigenvalue weighted by Crippen LogP contribution is -2.48. The van der Waals surface area contributed by atoms with Crippen LogP contribution in [0, 0.1) is 0 Å². The highest BCUT2D eigenvalue weighted by Gasteiger charge is 2.26. The molecule has 1 aromatic heterocycles. The number of rotatable bonds is 5. The van der Waals surface area contributed by atoms with Gasteiger partial charge >= 0.3 is 18.2 Å². The van der Waals surface area contributed by atoms with Crippen LogP contribution in [-0.2, 0) is 20.7 Å². The van der Waals surface area contributed by atoms with Crippen molar-refractivity contribution in [3.05, 3.63) is 23.9 Å². The maximum atomic E-state index is 12.0. The van der Waals surface area contributed by atoms with Gasteiger partial charge in [-0.3, -0.25) is 0 Å². The molecule has 1 unspecified atom stereocenters. The van der Waals surface area contributed by atoms with Gasteiger partial charge in [-0.15, -0.1) is 0 Å². The fourth-order valence-corrected chi connectivity index (χ4v) is 2.87. The lowest BCUT2D eigenvalue weighted by molar-refractivity contribution is -0.143. The van der Waals surface area contributed by atoms with Crippen molar-refractivity contribution in [1.29, 1.82) is 0 Å². The van der Waals surface area contributed by atoms with E-state index in [4.69, 9.17) is 14.6 Å². The van der Waals surface area contributed by atoms with Crippen LogP contribution in [0.5, 0.6) is 0 Å². The number of anilines is 1. The number of carbonyl (C=O) groups is 3. The number of nitrogens with zero attached hydrogens (tertiary/aromatic N) is 3. The minimum absolute atomic E-state index is 0.200. The molecule has 10 heteroatoms. The third-order valence-electron chi connectivity index (χ3n) is 4.30. The number of esters is 1. The van der Waals surface area contributed by atoms with E-state index in [1.54, 1.807) is 27.0 Å². The van der Waals surface area contributed by atoms with Crippen LogP contribution in [0.1, 0.15) is 26.3 Å². The number of hydrogen-bond donors (Lipinski definition) is 2. The number of ether oxygens (including phenoxy) is 2. The summed E-state index contributed by atoms with van der Waals surface area (Å²) in [5, 5.41) is 11.6. The Balaban J connectivity index is 1.99. The molecule has 1 atom stereocenters. The lowest BCUT2D eigenvalue weighted by Gasteiger charge is -2.33. The molecule has 0 radical (unpaired) electrons. The maximum Gasteiger partial charge on any atom is 0.408 e. The lowest BCUT2D eigenvalue weighted by atomic mass is 10.1. The minimum atomic E-state index is -0.917. The van der Waals surface area contributed by atoms with Crippen LogP contribution in [0.4, 0.5) is 15.4 Å². The van der Waals surface area contributed by atoms with E-state index in [-0.39, 0.29) is 6.42 Å². The first-order valence-corrected chi connectivity index (χ1v) is 9.34. The van der Waals surface area contributed by atoms with Gasteiger partial charge in [-0.05, 0) is 32.4 Å². The monoisotopic (exact) mass is 408 g/mol. The molecule has 29 heavy (non-hydrogen) atoms. The Morgan fingerprint density at radius 3 is 2.34 bits per heavy atom. The molecular weight excluding hydrogens is 380 g/mol. The minimum Gasteiger partial charge on any atom is -0.467 e. The number of hydrogen-bond acceptors (Lipinski definition) is 7. The summed E-state index contributed by atoms with van der Waals surface area (Å²) in [4.78, 5) is 42.8. The average Bonchev–Trinajstić information content (AvgIpc) is 2.66. The molecule has 2 amide bonds. The van der Waals surface area contributed by atoms with Crippen LogP contribution in [0.15, 0.2) is 18.3 Å². The van der Waals surface area contributed by atoms with Gasteiger partial charge < -0.3 is 29.7 Å². The molecule has 160 valence electrons. The van der Waals surface area contributed by atoms with Crippen molar-refractivity contribution < 1.29 is 29.0 Å². The molecule has 1 saturated heterocycles. The number of carbonyl (C=O) groups excluding carboxylic acids is 2. The van der Waals surface area contributed by atoms with Crippen molar-refractivity contribution in [3.63, 3.8) is 0 Å². The topological polar surface area (TPSA) is 121 Å². The molecule has 1 aliphatic heterocycles. The van der Waals surface area contributed by atoms with Gasteiger partial charge in [-0.25, -0.2) is 19.4 Å². The van der Waals surface area contributed by atoms with Crippen LogP contribution in [0.2, 0.25) is 0 Å². The summed E-state index contributed by atoms with van der Waals surface area (Å²) in [5.74, 6) is 0.151. The van der Waals surface area contributed by atoms with Gasteiger partial charge in [0, 0.05) is 38.8 Å². The summed E-state index contributed by atoms with van der Waals surface area (Å²) in [6.45, 7) is 7.16. The van der Waals surface area contributed by atoms with Crippen LogP contribution >= 0.6 is 0 Å². The Labute approximate surface area is 169 Å². The zero-order valence-electron chi connectivity index (χ0n) is 17.2. The normalized spacial score (nSPS) is 15.4. The first kappa shape index (κ1) is 22.3. The molecule has 2 N–H and O–H groups in total. The second kappa shape index (κ2) is 9.44. The molecule has 0 aliphatic carbocycles. The van der Waals surface area contributed by atoms with E-state index in [0.29, 0.717) is 26.2 Å². The molecule has 10 nitrogen and oxygen atoms in total. The summed E-state index contributed by atoms with van der Waals surface area (Å²) in [6, 6.07) is 2.73. The van der Waals surface area contributed by atoms with Gasteiger partial charge in [0.15, 0.2) is 0 Å². The van der Waals surface area contributed by atoms with E-state index in [1.807, 2.05) is 17.0 Å². The van der Waals surface area contributed by atoms with Crippen molar-refractivity contribution in [2.24, 2.45) is 0 Å². The Bertz CT molecular complexity index is 723. The predicted molar refractivity (Wildman–Crippen MR) is 105 cm³/mol. The summed E-state index contributed by atoms with van der Waals surface area (Å²) in [5.41, 5.74) is 0.0582. The van der Waals surface area contributed by atoms with E-state index in [1.165, 1.54) is 12.0 Å². The molecule has 2 heterocycles. The predicted octanol–water partition coefficient (Wildman–Crippen LogP) is 1.49. The fraction of sp³-hybridized carbons (Fsp3) is 0.579. The smallest absolute Gasteiger partial charge is 0.408 e. The third-order valence-corrected chi connectivity index (χ3v) is 4.30. The summed E-state index contributed by atoms with van der Waals surface area (Å²) >= 11 is 0. The molecule has 2 rings (SSSR count). The number of alkyl carbamates (subject to hydrolysis) is 1. The molecular formula is C19H28N4O6. The highest BCUT2D eigenvalue weighted by atomic mass is 16.6. The summed E-state index contributed by atoms with van der Waals surface area (Å²) < 4.78 is 9.97. The SMILES string of the molecule is COC(=O)C(Cc1ccc(N2CCN(C(=O)O)CC2)nc1)NC(=O)OC(C)(C)C. The number of aromatic nitrogens is 1. The van der Waals surface area contributed by atoms with E-state index in [0.717, 1.165) is 11.4 Å². The molecule has 1 aliphatic rings. The number of piperazine rings is 1. The van der Waals surface area contributed by atoms with Crippen molar-refractivity contribution in [3.8, 4) is 0 Å².